The molecule has 0 aliphatic heterocycles. The van der Waals surface area contributed by atoms with Crippen LogP contribution in [0.2, 0.25) is 0 Å². The van der Waals surface area contributed by atoms with Crippen LogP contribution in [-0.2, 0) is 0 Å². The van der Waals surface area contributed by atoms with Crippen LogP contribution in [0.5, 0.6) is 0 Å². The molecule has 0 amide bonds. The smallest absolute Gasteiger partial charge is 0.0294 e. The number of hydrogen-bond donors (Lipinski definition) is 1. The average Bonchev–Trinajstić information content (AvgIpc) is 2.36. The molecule has 1 saturated carbocycles. The molecule has 0 bridgehead atoms. The van der Waals surface area contributed by atoms with E-state index in [0.29, 0.717) is 17.5 Å². The van der Waals surface area contributed by atoms with Crippen molar-refractivity contribution in [2.45, 2.75) is 63.9 Å². The van der Waals surface area contributed by atoms with Crippen LogP contribution in [0.15, 0.2) is 29.2 Å². The Bertz CT molecular complexity index is 424. The third-order valence-electron chi connectivity index (χ3n) is 4.49. The van der Waals surface area contributed by atoms with Gasteiger partial charge in [-0.3, -0.25) is 0 Å². The van der Waals surface area contributed by atoms with Gasteiger partial charge in [0.25, 0.3) is 0 Å². The standard InChI is InChI=1S/C18H29NS/c1-13-10-16(12-18(3,4)11-13)19-14(2)15-6-8-17(20-5)9-7-15/h6-9,13-14,16,19H,10-12H2,1-5H3. The second-order valence-electron chi connectivity index (χ2n) is 7.27. The van der Waals surface area contributed by atoms with Crippen molar-refractivity contribution in [3.8, 4) is 0 Å². The molecule has 1 aromatic rings. The third kappa shape index (κ3) is 4.26. The first-order valence-electron chi connectivity index (χ1n) is 7.79. The summed E-state index contributed by atoms with van der Waals surface area (Å²) in [4.78, 5) is 1.34. The number of thioether (sulfide) groups is 1. The van der Waals surface area contributed by atoms with E-state index in [4.69, 9.17) is 0 Å². The van der Waals surface area contributed by atoms with E-state index in [0.717, 1.165) is 5.92 Å². The van der Waals surface area contributed by atoms with Gasteiger partial charge in [-0.05, 0) is 61.5 Å². The highest BCUT2D eigenvalue weighted by molar-refractivity contribution is 7.98. The van der Waals surface area contributed by atoms with Crippen molar-refractivity contribution in [1.82, 2.24) is 5.32 Å². The first-order valence-corrected chi connectivity index (χ1v) is 9.02. The van der Waals surface area contributed by atoms with Crippen molar-refractivity contribution in [3.05, 3.63) is 29.8 Å². The molecule has 0 aromatic heterocycles. The molecule has 3 atom stereocenters. The topological polar surface area (TPSA) is 12.0 Å². The normalized spacial score (nSPS) is 27.2. The molecule has 2 heteroatoms. The minimum absolute atomic E-state index is 0.442. The molecule has 1 fully saturated rings. The number of rotatable bonds is 4. The SMILES string of the molecule is CSc1ccc(C(C)NC2CC(C)CC(C)(C)C2)cc1. The molecule has 20 heavy (non-hydrogen) atoms. The van der Waals surface area contributed by atoms with Crippen LogP contribution >= 0.6 is 11.8 Å². The Morgan fingerprint density at radius 3 is 2.40 bits per heavy atom. The van der Waals surface area contributed by atoms with E-state index < -0.39 is 0 Å². The van der Waals surface area contributed by atoms with Crippen molar-refractivity contribution in [2.75, 3.05) is 6.26 Å². The van der Waals surface area contributed by atoms with Crippen LogP contribution in [-0.4, -0.2) is 12.3 Å². The summed E-state index contributed by atoms with van der Waals surface area (Å²) in [6, 6.07) is 10.1. The first-order chi connectivity index (χ1) is 9.39. The van der Waals surface area contributed by atoms with Gasteiger partial charge in [-0.1, -0.05) is 32.9 Å². The zero-order chi connectivity index (χ0) is 14.8. The van der Waals surface area contributed by atoms with Gasteiger partial charge in [0.15, 0.2) is 0 Å². The van der Waals surface area contributed by atoms with Crippen molar-refractivity contribution in [1.29, 1.82) is 0 Å². The summed E-state index contributed by atoms with van der Waals surface area (Å²) in [5.41, 5.74) is 1.89. The van der Waals surface area contributed by atoms with Gasteiger partial charge in [-0.2, -0.15) is 0 Å². The largest absolute Gasteiger partial charge is 0.307 e. The van der Waals surface area contributed by atoms with Gasteiger partial charge in [0.1, 0.15) is 0 Å². The summed E-state index contributed by atoms with van der Waals surface area (Å²) < 4.78 is 0. The fourth-order valence-corrected chi connectivity index (χ4v) is 4.22. The molecule has 1 aromatic carbocycles. The summed E-state index contributed by atoms with van der Waals surface area (Å²) >= 11 is 1.80. The van der Waals surface area contributed by atoms with E-state index in [1.165, 1.54) is 29.7 Å². The Balaban J connectivity index is 1.97. The monoisotopic (exact) mass is 291 g/mol. The zero-order valence-corrected chi connectivity index (χ0v) is 14.4. The summed E-state index contributed by atoms with van der Waals surface area (Å²) in [6.07, 6.45) is 6.10. The molecule has 1 N–H and O–H groups in total. The second kappa shape index (κ2) is 6.53. The lowest BCUT2D eigenvalue weighted by Crippen LogP contribution is -2.41. The van der Waals surface area contributed by atoms with Gasteiger partial charge in [0.05, 0.1) is 0 Å². The number of benzene rings is 1. The molecule has 3 unspecified atom stereocenters. The third-order valence-corrected chi connectivity index (χ3v) is 5.23. The van der Waals surface area contributed by atoms with Gasteiger partial charge in [0, 0.05) is 17.0 Å². The molecule has 1 aliphatic carbocycles. The zero-order valence-electron chi connectivity index (χ0n) is 13.6. The van der Waals surface area contributed by atoms with Crippen LogP contribution in [0, 0.1) is 11.3 Å². The molecule has 1 nitrogen and oxygen atoms in total. The lowest BCUT2D eigenvalue weighted by atomic mass is 9.70. The van der Waals surface area contributed by atoms with Gasteiger partial charge in [0.2, 0.25) is 0 Å². The molecular weight excluding hydrogens is 262 g/mol. The molecule has 112 valence electrons. The fraction of sp³-hybridized carbons (Fsp3) is 0.667. The van der Waals surface area contributed by atoms with E-state index in [-0.39, 0.29) is 0 Å². The minimum Gasteiger partial charge on any atom is -0.307 e. The minimum atomic E-state index is 0.442. The lowest BCUT2D eigenvalue weighted by molar-refractivity contribution is 0.145. The summed E-state index contributed by atoms with van der Waals surface area (Å²) in [5, 5.41) is 3.85. The maximum absolute atomic E-state index is 3.85. The predicted molar refractivity (Wildman–Crippen MR) is 90.4 cm³/mol. The van der Waals surface area contributed by atoms with Crippen molar-refractivity contribution >= 4 is 11.8 Å². The molecule has 2 rings (SSSR count). The second-order valence-corrected chi connectivity index (χ2v) is 8.15. The Kier molecular flexibility index (Phi) is 5.19. The Labute approximate surface area is 128 Å². The highest BCUT2D eigenvalue weighted by Crippen LogP contribution is 2.39. The molecule has 1 aliphatic rings. The van der Waals surface area contributed by atoms with Gasteiger partial charge in [-0.15, -0.1) is 11.8 Å². The Hall–Kier alpha value is -0.470. The van der Waals surface area contributed by atoms with E-state index in [2.05, 4.69) is 63.5 Å². The van der Waals surface area contributed by atoms with Crippen LogP contribution in [0.3, 0.4) is 0 Å². The van der Waals surface area contributed by atoms with E-state index in [1.807, 2.05) is 0 Å². The van der Waals surface area contributed by atoms with Crippen molar-refractivity contribution in [3.63, 3.8) is 0 Å². The molecule has 0 radical (unpaired) electrons. The highest BCUT2D eigenvalue weighted by Gasteiger charge is 2.32. The maximum atomic E-state index is 3.85. The van der Waals surface area contributed by atoms with E-state index in [9.17, 15) is 0 Å². The molecule has 0 spiro atoms. The van der Waals surface area contributed by atoms with Crippen LogP contribution in [0.1, 0.15) is 58.6 Å². The number of nitrogens with one attached hydrogen (secondary N) is 1. The first kappa shape index (κ1) is 15.9. The maximum Gasteiger partial charge on any atom is 0.0294 e. The van der Waals surface area contributed by atoms with Gasteiger partial charge >= 0.3 is 0 Å². The van der Waals surface area contributed by atoms with Crippen molar-refractivity contribution < 1.29 is 0 Å². The van der Waals surface area contributed by atoms with Crippen molar-refractivity contribution in [2.24, 2.45) is 11.3 Å². The lowest BCUT2D eigenvalue weighted by Gasteiger charge is -2.40. The summed E-state index contributed by atoms with van der Waals surface area (Å²) in [6.45, 7) is 9.51. The number of hydrogen-bond acceptors (Lipinski definition) is 2. The average molecular weight is 292 g/mol. The van der Waals surface area contributed by atoms with Gasteiger partial charge < -0.3 is 5.32 Å². The molecule has 0 heterocycles. The van der Waals surface area contributed by atoms with E-state index in [1.54, 1.807) is 11.8 Å². The predicted octanol–water partition coefficient (Wildman–Crippen LogP) is 5.27. The van der Waals surface area contributed by atoms with Crippen LogP contribution < -0.4 is 5.32 Å². The molecule has 0 saturated heterocycles. The van der Waals surface area contributed by atoms with Crippen LogP contribution in [0.25, 0.3) is 0 Å². The quantitative estimate of drug-likeness (QED) is 0.758. The summed E-state index contributed by atoms with van der Waals surface area (Å²) in [5.74, 6) is 0.835. The van der Waals surface area contributed by atoms with Crippen LogP contribution in [0.4, 0.5) is 0 Å². The molecular formula is C18H29NS. The van der Waals surface area contributed by atoms with E-state index >= 15 is 0 Å². The van der Waals surface area contributed by atoms with Gasteiger partial charge in [-0.25, -0.2) is 0 Å². The Morgan fingerprint density at radius 1 is 1.20 bits per heavy atom. The fourth-order valence-electron chi connectivity index (χ4n) is 3.82. The summed E-state index contributed by atoms with van der Waals surface area (Å²) in [7, 11) is 0. The Morgan fingerprint density at radius 2 is 1.85 bits per heavy atom. The highest BCUT2D eigenvalue weighted by atomic mass is 32.2.